The van der Waals surface area contributed by atoms with Gasteiger partial charge in [0.2, 0.25) is 5.91 Å². The maximum Gasteiger partial charge on any atom is 0.217 e. The van der Waals surface area contributed by atoms with Gasteiger partial charge in [-0.05, 0) is 30.5 Å². The molecule has 0 saturated carbocycles. The van der Waals surface area contributed by atoms with Gasteiger partial charge in [0.15, 0.2) is 0 Å². The lowest BCUT2D eigenvalue weighted by atomic mass is 10.1. The fourth-order valence-electron chi connectivity index (χ4n) is 1.22. The number of aryl methyl sites for hydroxylation is 1. The molecular weight excluding hydrogens is 164 g/mol. The third-order valence-electron chi connectivity index (χ3n) is 1.84. The summed E-state index contributed by atoms with van der Waals surface area (Å²) < 4.78 is 0. The van der Waals surface area contributed by atoms with Crippen molar-refractivity contribution in [3.63, 3.8) is 0 Å². The number of hydrogen-bond donors (Lipinski definition) is 2. The van der Waals surface area contributed by atoms with Crippen LogP contribution in [0, 0.1) is 0 Å². The van der Waals surface area contributed by atoms with E-state index in [1.54, 1.807) is 0 Å². The molecule has 70 valence electrons. The molecule has 13 heavy (non-hydrogen) atoms. The fourth-order valence-corrected chi connectivity index (χ4v) is 1.22. The van der Waals surface area contributed by atoms with Crippen molar-refractivity contribution >= 4 is 11.6 Å². The predicted molar refractivity (Wildman–Crippen MR) is 53.0 cm³/mol. The van der Waals surface area contributed by atoms with Crippen LogP contribution in [0.5, 0.6) is 0 Å². The molecule has 1 aromatic carbocycles. The quantitative estimate of drug-likeness (QED) is 0.677. The van der Waals surface area contributed by atoms with E-state index in [1.165, 1.54) is 0 Å². The maximum absolute atomic E-state index is 10.5. The van der Waals surface area contributed by atoms with Crippen molar-refractivity contribution in [3.05, 3.63) is 29.8 Å². The zero-order valence-electron chi connectivity index (χ0n) is 7.49. The monoisotopic (exact) mass is 178 g/mol. The minimum absolute atomic E-state index is 0.246. The lowest BCUT2D eigenvalue weighted by Gasteiger charge is -2.00. The number of hydrogen-bond acceptors (Lipinski definition) is 2. The first-order valence-electron chi connectivity index (χ1n) is 4.31. The van der Waals surface area contributed by atoms with E-state index in [2.05, 4.69) is 0 Å². The Balaban J connectivity index is 2.41. The number of carbonyl (C=O) groups is 1. The van der Waals surface area contributed by atoms with Gasteiger partial charge in [-0.1, -0.05) is 12.1 Å². The van der Waals surface area contributed by atoms with Crippen LogP contribution in [-0.2, 0) is 11.2 Å². The fraction of sp³-hybridized carbons (Fsp3) is 0.300. The summed E-state index contributed by atoms with van der Waals surface area (Å²) in [7, 11) is 0. The molecule has 4 N–H and O–H groups in total. The Morgan fingerprint density at radius 1 is 1.38 bits per heavy atom. The van der Waals surface area contributed by atoms with Crippen molar-refractivity contribution in [1.82, 2.24) is 0 Å². The van der Waals surface area contributed by atoms with Gasteiger partial charge in [-0.15, -0.1) is 0 Å². The second kappa shape index (κ2) is 4.50. The highest BCUT2D eigenvalue weighted by Crippen LogP contribution is 2.09. The molecule has 0 saturated heterocycles. The molecule has 0 aliphatic rings. The summed E-state index contributed by atoms with van der Waals surface area (Å²) in [5, 5.41) is 0. The van der Waals surface area contributed by atoms with E-state index in [0.29, 0.717) is 6.42 Å². The molecule has 0 fully saturated rings. The van der Waals surface area contributed by atoms with E-state index in [1.807, 2.05) is 24.3 Å². The van der Waals surface area contributed by atoms with E-state index >= 15 is 0 Å². The van der Waals surface area contributed by atoms with Crippen LogP contribution >= 0.6 is 0 Å². The molecule has 3 nitrogen and oxygen atoms in total. The van der Waals surface area contributed by atoms with E-state index in [0.717, 1.165) is 24.1 Å². The molecule has 0 aromatic heterocycles. The van der Waals surface area contributed by atoms with E-state index in [4.69, 9.17) is 11.5 Å². The highest BCUT2D eigenvalue weighted by molar-refractivity contribution is 5.73. The van der Waals surface area contributed by atoms with Crippen LogP contribution in [0.3, 0.4) is 0 Å². The SMILES string of the molecule is NC(=O)CCCc1cccc(N)c1. The van der Waals surface area contributed by atoms with Crippen LogP contribution in [-0.4, -0.2) is 5.91 Å². The minimum atomic E-state index is -0.246. The lowest BCUT2D eigenvalue weighted by Crippen LogP contribution is -2.10. The smallest absolute Gasteiger partial charge is 0.217 e. The number of nitrogen functional groups attached to an aromatic ring is 1. The molecule has 1 aromatic rings. The second-order valence-corrected chi connectivity index (χ2v) is 3.06. The van der Waals surface area contributed by atoms with Crippen molar-refractivity contribution in [2.24, 2.45) is 5.73 Å². The van der Waals surface area contributed by atoms with Crippen LogP contribution in [0.1, 0.15) is 18.4 Å². The first-order chi connectivity index (χ1) is 6.18. The summed E-state index contributed by atoms with van der Waals surface area (Å²) in [6.45, 7) is 0. The van der Waals surface area contributed by atoms with Crippen molar-refractivity contribution in [2.75, 3.05) is 5.73 Å². The summed E-state index contributed by atoms with van der Waals surface area (Å²) in [5.41, 5.74) is 12.5. The van der Waals surface area contributed by atoms with Crippen LogP contribution in [0.25, 0.3) is 0 Å². The summed E-state index contributed by atoms with van der Waals surface area (Å²) in [6, 6.07) is 7.67. The Hall–Kier alpha value is -1.51. The molecule has 1 rings (SSSR count). The Morgan fingerprint density at radius 3 is 2.77 bits per heavy atom. The average Bonchev–Trinajstić information content (AvgIpc) is 2.03. The summed E-state index contributed by atoms with van der Waals surface area (Å²) >= 11 is 0. The molecule has 0 aliphatic heterocycles. The molecule has 0 spiro atoms. The van der Waals surface area contributed by atoms with Gasteiger partial charge in [0.1, 0.15) is 0 Å². The number of rotatable bonds is 4. The third-order valence-corrected chi connectivity index (χ3v) is 1.84. The Kier molecular flexibility index (Phi) is 3.31. The zero-order valence-corrected chi connectivity index (χ0v) is 7.49. The largest absolute Gasteiger partial charge is 0.399 e. The molecular formula is C10H14N2O. The van der Waals surface area contributed by atoms with Crippen molar-refractivity contribution < 1.29 is 4.79 Å². The Bertz CT molecular complexity index is 297. The maximum atomic E-state index is 10.5. The molecule has 3 heteroatoms. The van der Waals surface area contributed by atoms with Crippen molar-refractivity contribution in [3.8, 4) is 0 Å². The van der Waals surface area contributed by atoms with Gasteiger partial charge in [-0.25, -0.2) is 0 Å². The van der Waals surface area contributed by atoms with Crippen molar-refractivity contribution in [1.29, 1.82) is 0 Å². The van der Waals surface area contributed by atoms with Gasteiger partial charge in [0.25, 0.3) is 0 Å². The van der Waals surface area contributed by atoms with Crippen LogP contribution < -0.4 is 11.5 Å². The van der Waals surface area contributed by atoms with Crippen LogP contribution in [0.15, 0.2) is 24.3 Å². The first-order valence-corrected chi connectivity index (χ1v) is 4.31. The summed E-state index contributed by atoms with van der Waals surface area (Å²) in [5.74, 6) is -0.246. The molecule has 0 atom stereocenters. The van der Waals surface area contributed by atoms with Crippen molar-refractivity contribution in [2.45, 2.75) is 19.3 Å². The van der Waals surface area contributed by atoms with E-state index in [-0.39, 0.29) is 5.91 Å². The Morgan fingerprint density at radius 2 is 2.15 bits per heavy atom. The molecule has 0 bridgehead atoms. The van der Waals surface area contributed by atoms with E-state index < -0.39 is 0 Å². The van der Waals surface area contributed by atoms with Gasteiger partial charge in [0.05, 0.1) is 0 Å². The molecule has 0 heterocycles. The average molecular weight is 178 g/mol. The number of anilines is 1. The van der Waals surface area contributed by atoms with Gasteiger partial charge in [-0.2, -0.15) is 0 Å². The van der Waals surface area contributed by atoms with Gasteiger partial charge < -0.3 is 11.5 Å². The second-order valence-electron chi connectivity index (χ2n) is 3.06. The first kappa shape index (κ1) is 9.58. The number of amides is 1. The highest BCUT2D eigenvalue weighted by atomic mass is 16.1. The third kappa shape index (κ3) is 3.60. The van der Waals surface area contributed by atoms with Crippen LogP contribution in [0.2, 0.25) is 0 Å². The molecule has 0 unspecified atom stereocenters. The molecule has 0 radical (unpaired) electrons. The number of carbonyl (C=O) groups excluding carboxylic acids is 1. The van der Waals surface area contributed by atoms with Gasteiger partial charge >= 0.3 is 0 Å². The summed E-state index contributed by atoms with van der Waals surface area (Å²) in [6.07, 6.45) is 2.08. The molecule has 0 aliphatic carbocycles. The van der Waals surface area contributed by atoms with Crippen LogP contribution in [0.4, 0.5) is 5.69 Å². The lowest BCUT2D eigenvalue weighted by molar-refractivity contribution is -0.118. The van der Waals surface area contributed by atoms with E-state index in [9.17, 15) is 4.79 Å². The normalized spacial score (nSPS) is 9.85. The number of primary amides is 1. The number of benzene rings is 1. The Labute approximate surface area is 77.7 Å². The van der Waals surface area contributed by atoms with Gasteiger partial charge in [0, 0.05) is 12.1 Å². The topological polar surface area (TPSA) is 69.1 Å². The summed E-state index contributed by atoms with van der Waals surface area (Å²) in [4.78, 5) is 10.5. The number of nitrogens with two attached hydrogens (primary N) is 2. The van der Waals surface area contributed by atoms with Gasteiger partial charge in [-0.3, -0.25) is 4.79 Å². The zero-order chi connectivity index (χ0) is 9.68. The minimum Gasteiger partial charge on any atom is -0.399 e. The standard InChI is InChI=1S/C10H14N2O/c11-9-5-1-3-8(7-9)4-2-6-10(12)13/h1,3,5,7H,2,4,6,11H2,(H2,12,13). The highest BCUT2D eigenvalue weighted by Gasteiger charge is 1.96. The molecule has 1 amide bonds. The predicted octanol–water partition coefficient (Wildman–Crippen LogP) is 1.08.